The summed E-state index contributed by atoms with van der Waals surface area (Å²) in [6, 6.07) is 9.38. The van der Waals surface area contributed by atoms with Crippen LogP contribution >= 0.6 is 0 Å². The molecule has 4 nitrogen and oxygen atoms in total. The molecule has 0 atom stereocenters. The third-order valence-electron chi connectivity index (χ3n) is 3.75. The molecule has 1 aromatic carbocycles. The number of carbonyl (C=O) groups excluding carboxylic acids is 2. The monoisotopic (exact) mass is 289 g/mol. The first-order valence-electron chi connectivity index (χ1n) is 7.71. The zero-order chi connectivity index (χ0) is 14.9. The summed E-state index contributed by atoms with van der Waals surface area (Å²) in [5.41, 5.74) is 0.780. The maximum atomic E-state index is 11.9. The Morgan fingerprint density at radius 2 is 1.62 bits per heavy atom. The number of morpholine rings is 1. The van der Waals surface area contributed by atoms with E-state index < -0.39 is 0 Å². The Hall–Kier alpha value is -1.68. The van der Waals surface area contributed by atoms with Crippen LogP contribution in [0.1, 0.15) is 42.5 Å². The number of amides is 1. The van der Waals surface area contributed by atoms with Crippen molar-refractivity contribution in [3.63, 3.8) is 0 Å². The molecule has 1 heterocycles. The van der Waals surface area contributed by atoms with Crippen molar-refractivity contribution < 1.29 is 14.3 Å². The van der Waals surface area contributed by atoms with Crippen LogP contribution < -0.4 is 0 Å². The Kier molecular flexibility index (Phi) is 6.41. The van der Waals surface area contributed by atoms with Gasteiger partial charge in [-0.2, -0.15) is 0 Å². The SMILES string of the molecule is O=C(CCCCCC(=O)N1CCOCC1)c1ccccc1. The summed E-state index contributed by atoms with van der Waals surface area (Å²) < 4.78 is 5.23. The Labute approximate surface area is 126 Å². The van der Waals surface area contributed by atoms with Crippen molar-refractivity contribution in [2.75, 3.05) is 26.3 Å². The molecule has 0 bridgehead atoms. The summed E-state index contributed by atoms with van der Waals surface area (Å²) in [6.07, 6.45) is 3.78. The fourth-order valence-electron chi connectivity index (χ4n) is 2.48. The van der Waals surface area contributed by atoms with Crippen LogP contribution in [0.2, 0.25) is 0 Å². The second-order valence-electron chi connectivity index (χ2n) is 5.34. The van der Waals surface area contributed by atoms with E-state index in [0.29, 0.717) is 39.1 Å². The topological polar surface area (TPSA) is 46.6 Å². The van der Waals surface area contributed by atoms with Crippen molar-refractivity contribution >= 4 is 11.7 Å². The highest BCUT2D eigenvalue weighted by Gasteiger charge is 2.15. The van der Waals surface area contributed by atoms with Crippen molar-refractivity contribution in [3.05, 3.63) is 35.9 Å². The molecule has 1 aromatic rings. The van der Waals surface area contributed by atoms with Crippen molar-refractivity contribution in [2.45, 2.75) is 32.1 Å². The molecule has 0 saturated carbocycles. The second kappa shape index (κ2) is 8.57. The van der Waals surface area contributed by atoms with E-state index in [2.05, 4.69) is 0 Å². The van der Waals surface area contributed by atoms with E-state index in [1.807, 2.05) is 35.2 Å². The number of rotatable bonds is 7. The largest absolute Gasteiger partial charge is 0.378 e. The van der Waals surface area contributed by atoms with Crippen molar-refractivity contribution in [1.29, 1.82) is 0 Å². The fraction of sp³-hybridized carbons (Fsp3) is 0.529. The van der Waals surface area contributed by atoms with Crippen molar-refractivity contribution in [1.82, 2.24) is 4.90 Å². The molecular formula is C17H23NO3. The molecule has 1 fully saturated rings. The molecule has 21 heavy (non-hydrogen) atoms. The molecule has 1 amide bonds. The lowest BCUT2D eigenvalue weighted by Gasteiger charge is -2.26. The molecule has 114 valence electrons. The van der Waals surface area contributed by atoms with E-state index in [1.165, 1.54) is 0 Å². The molecule has 2 rings (SSSR count). The van der Waals surface area contributed by atoms with E-state index in [-0.39, 0.29) is 11.7 Å². The Morgan fingerprint density at radius 3 is 2.33 bits per heavy atom. The van der Waals surface area contributed by atoms with Crippen LogP contribution in [0.5, 0.6) is 0 Å². The normalized spacial score (nSPS) is 15.0. The number of nitrogens with zero attached hydrogens (tertiary/aromatic N) is 1. The Morgan fingerprint density at radius 1 is 0.952 bits per heavy atom. The first kappa shape index (κ1) is 15.7. The maximum absolute atomic E-state index is 11.9. The van der Waals surface area contributed by atoms with Gasteiger partial charge in [-0.05, 0) is 12.8 Å². The van der Waals surface area contributed by atoms with Gasteiger partial charge in [0, 0.05) is 31.5 Å². The Bertz CT molecular complexity index is 452. The van der Waals surface area contributed by atoms with Gasteiger partial charge < -0.3 is 9.64 Å². The smallest absolute Gasteiger partial charge is 0.222 e. The number of unbranched alkanes of at least 4 members (excludes halogenated alkanes) is 2. The molecule has 0 radical (unpaired) electrons. The molecular weight excluding hydrogens is 266 g/mol. The van der Waals surface area contributed by atoms with Gasteiger partial charge in [0.1, 0.15) is 0 Å². The lowest BCUT2D eigenvalue weighted by atomic mass is 10.0. The van der Waals surface area contributed by atoms with Crippen LogP contribution in [-0.2, 0) is 9.53 Å². The third kappa shape index (κ3) is 5.31. The number of ether oxygens (including phenoxy) is 1. The molecule has 0 aromatic heterocycles. The van der Waals surface area contributed by atoms with Gasteiger partial charge in [-0.3, -0.25) is 9.59 Å². The van der Waals surface area contributed by atoms with Gasteiger partial charge in [0.15, 0.2) is 5.78 Å². The third-order valence-corrected chi connectivity index (χ3v) is 3.75. The van der Waals surface area contributed by atoms with Crippen LogP contribution in [0.4, 0.5) is 0 Å². The molecule has 0 N–H and O–H groups in total. The van der Waals surface area contributed by atoms with Crippen molar-refractivity contribution in [2.24, 2.45) is 0 Å². The van der Waals surface area contributed by atoms with E-state index in [1.54, 1.807) is 0 Å². The standard InChI is InChI=1S/C17H23NO3/c19-16(15-7-3-1-4-8-15)9-5-2-6-10-17(20)18-11-13-21-14-12-18/h1,3-4,7-8H,2,5-6,9-14H2. The van der Waals surface area contributed by atoms with Crippen LogP contribution in [0, 0.1) is 0 Å². The summed E-state index contributed by atoms with van der Waals surface area (Å²) >= 11 is 0. The zero-order valence-electron chi connectivity index (χ0n) is 12.4. The zero-order valence-corrected chi connectivity index (χ0v) is 12.4. The minimum absolute atomic E-state index is 0.190. The molecule has 4 heteroatoms. The van der Waals surface area contributed by atoms with Gasteiger partial charge in [0.05, 0.1) is 13.2 Å². The van der Waals surface area contributed by atoms with E-state index in [4.69, 9.17) is 4.74 Å². The van der Waals surface area contributed by atoms with Crippen LogP contribution in [0.3, 0.4) is 0 Å². The minimum atomic E-state index is 0.190. The fourth-order valence-corrected chi connectivity index (χ4v) is 2.48. The maximum Gasteiger partial charge on any atom is 0.222 e. The van der Waals surface area contributed by atoms with Gasteiger partial charge in [0.25, 0.3) is 0 Å². The lowest BCUT2D eigenvalue weighted by Crippen LogP contribution is -2.40. The highest BCUT2D eigenvalue weighted by molar-refractivity contribution is 5.95. The summed E-state index contributed by atoms with van der Waals surface area (Å²) in [5, 5.41) is 0. The van der Waals surface area contributed by atoms with Gasteiger partial charge in [-0.25, -0.2) is 0 Å². The number of carbonyl (C=O) groups is 2. The number of ketones is 1. The van der Waals surface area contributed by atoms with Crippen LogP contribution in [0.25, 0.3) is 0 Å². The highest BCUT2D eigenvalue weighted by atomic mass is 16.5. The first-order valence-corrected chi connectivity index (χ1v) is 7.71. The number of Topliss-reactive ketones (excluding diaryl/α,β-unsaturated/α-hetero) is 1. The van der Waals surface area contributed by atoms with Gasteiger partial charge in [-0.15, -0.1) is 0 Å². The van der Waals surface area contributed by atoms with E-state index in [0.717, 1.165) is 24.8 Å². The van der Waals surface area contributed by atoms with Gasteiger partial charge in [0.2, 0.25) is 5.91 Å². The molecule has 0 aliphatic carbocycles. The average Bonchev–Trinajstić information content (AvgIpc) is 2.55. The summed E-state index contributed by atoms with van der Waals surface area (Å²) in [5.74, 6) is 0.405. The average molecular weight is 289 g/mol. The highest BCUT2D eigenvalue weighted by Crippen LogP contribution is 2.10. The van der Waals surface area contributed by atoms with Crippen molar-refractivity contribution in [3.8, 4) is 0 Å². The lowest BCUT2D eigenvalue weighted by molar-refractivity contribution is -0.135. The molecule has 0 spiro atoms. The number of benzene rings is 1. The van der Waals surface area contributed by atoms with Gasteiger partial charge >= 0.3 is 0 Å². The van der Waals surface area contributed by atoms with E-state index >= 15 is 0 Å². The molecule has 1 saturated heterocycles. The minimum Gasteiger partial charge on any atom is -0.378 e. The molecule has 1 aliphatic heterocycles. The molecule has 0 unspecified atom stereocenters. The predicted molar refractivity (Wildman–Crippen MR) is 81.3 cm³/mol. The summed E-state index contributed by atoms with van der Waals surface area (Å²) in [6.45, 7) is 2.73. The van der Waals surface area contributed by atoms with Crippen LogP contribution in [-0.4, -0.2) is 42.9 Å². The first-order chi connectivity index (χ1) is 10.3. The molecule has 1 aliphatic rings. The van der Waals surface area contributed by atoms with Crippen LogP contribution in [0.15, 0.2) is 30.3 Å². The second-order valence-corrected chi connectivity index (χ2v) is 5.34. The quantitative estimate of drug-likeness (QED) is 0.572. The summed E-state index contributed by atoms with van der Waals surface area (Å²) in [7, 11) is 0. The Balaban J connectivity index is 1.57. The number of hydrogen-bond donors (Lipinski definition) is 0. The van der Waals surface area contributed by atoms with E-state index in [9.17, 15) is 9.59 Å². The number of hydrogen-bond acceptors (Lipinski definition) is 3. The van der Waals surface area contributed by atoms with Gasteiger partial charge in [-0.1, -0.05) is 36.8 Å². The summed E-state index contributed by atoms with van der Waals surface area (Å²) in [4.78, 5) is 25.7. The predicted octanol–water partition coefficient (Wildman–Crippen LogP) is 2.68.